The van der Waals surface area contributed by atoms with Crippen molar-refractivity contribution in [3.63, 3.8) is 0 Å². The Morgan fingerprint density at radius 1 is 1.43 bits per heavy atom. The van der Waals surface area contributed by atoms with Crippen LogP contribution in [0.3, 0.4) is 0 Å². The number of hydrogen-bond donors (Lipinski definition) is 1. The monoisotopic (exact) mass is 320 g/mol. The van der Waals surface area contributed by atoms with Gasteiger partial charge in [0.25, 0.3) is 5.91 Å². The van der Waals surface area contributed by atoms with E-state index in [9.17, 15) is 23.7 Å². The first kappa shape index (κ1) is 17.3. The fourth-order valence-corrected chi connectivity index (χ4v) is 2.04. The fraction of sp³-hybridized carbons (Fsp3) is 0.462. The molecule has 1 unspecified atom stereocenters. The van der Waals surface area contributed by atoms with Crippen LogP contribution in [-0.2, 0) is 0 Å². The summed E-state index contributed by atoms with van der Waals surface area (Å²) in [5.74, 6) is -2.99. The van der Waals surface area contributed by atoms with Crippen LogP contribution >= 0.6 is 11.6 Å². The van der Waals surface area contributed by atoms with E-state index in [2.05, 4.69) is 5.32 Å². The third-order valence-electron chi connectivity index (χ3n) is 3.00. The van der Waals surface area contributed by atoms with Crippen LogP contribution in [0.1, 0.15) is 30.6 Å². The van der Waals surface area contributed by atoms with Crippen molar-refractivity contribution in [1.82, 2.24) is 5.32 Å². The lowest BCUT2D eigenvalue weighted by atomic mass is 10.0. The molecule has 116 valence electrons. The molecule has 0 aliphatic rings. The summed E-state index contributed by atoms with van der Waals surface area (Å²) in [5.41, 5.74) is -1.76. The Morgan fingerprint density at radius 3 is 2.52 bits per heavy atom. The second kappa shape index (κ2) is 7.31. The highest BCUT2D eigenvalue weighted by molar-refractivity contribution is 6.17. The van der Waals surface area contributed by atoms with E-state index in [1.54, 1.807) is 0 Å². The van der Waals surface area contributed by atoms with E-state index in [0.29, 0.717) is 18.6 Å². The Balaban J connectivity index is 3.10. The second-order valence-electron chi connectivity index (χ2n) is 4.85. The van der Waals surface area contributed by atoms with Crippen LogP contribution in [0, 0.1) is 27.7 Å². The zero-order chi connectivity index (χ0) is 16.2. The molecule has 0 radical (unpaired) electrons. The van der Waals surface area contributed by atoms with Crippen molar-refractivity contribution >= 4 is 23.2 Å². The maximum Gasteiger partial charge on any atom is 0.308 e. The van der Waals surface area contributed by atoms with Gasteiger partial charge in [0.15, 0.2) is 0 Å². The van der Waals surface area contributed by atoms with Crippen molar-refractivity contribution in [1.29, 1.82) is 0 Å². The molecule has 1 rings (SSSR count). The van der Waals surface area contributed by atoms with Crippen molar-refractivity contribution in [2.75, 3.05) is 5.88 Å². The number of benzene rings is 1. The first-order valence-corrected chi connectivity index (χ1v) is 6.81. The van der Waals surface area contributed by atoms with Crippen molar-refractivity contribution in [2.24, 2.45) is 5.92 Å². The Labute approximate surface area is 125 Å². The van der Waals surface area contributed by atoms with Gasteiger partial charge in [0.1, 0.15) is 5.82 Å². The van der Waals surface area contributed by atoms with E-state index >= 15 is 0 Å². The van der Waals surface area contributed by atoms with E-state index in [4.69, 9.17) is 11.6 Å². The maximum atomic E-state index is 13.9. The summed E-state index contributed by atoms with van der Waals surface area (Å²) in [4.78, 5) is 21.6. The van der Waals surface area contributed by atoms with Crippen LogP contribution in [0.5, 0.6) is 0 Å². The number of nitrogens with one attached hydrogen (secondary N) is 1. The number of alkyl halides is 1. The second-order valence-corrected chi connectivity index (χ2v) is 5.22. The zero-order valence-electron chi connectivity index (χ0n) is 11.5. The predicted molar refractivity (Wildman–Crippen MR) is 74.4 cm³/mol. The molecular formula is C13H15ClF2N2O3. The molecule has 1 N–H and O–H groups in total. The highest BCUT2D eigenvalue weighted by Crippen LogP contribution is 2.23. The molecule has 0 aromatic heterocycles. The first-order valence-electron chi connectivity index (χ1n) is 6.28. The quantitative estimate of drug-likeness (QED) is 0.497. The summed E-state index contributed by atoms with van der Waals surface area (Å²) in [7, 11) is 0. The number of carbonyl (C=O) groups is 1. The number of halogens is 3. The molecule has 0 heterocycles. The lowest BCUT2D eigenvalue weighted by molar-refractivity contribution is -0.387. The van der Waals surface area contributed by atoms with E-state index in [1.807, 2.05) is 13.8 Å². The summed E-state index contributed by atoms with van der Waals surface area (Å²) in [6, 6.07) is 0.734. The number of nitro benzene ring substituents is 1. The Morgan fingerprint density at radius 2 is 2.05 bits per heavy atom. The minimum Gasteiger partial charge on any atom is -0.349 e. The molecular weight excluding hydrogens is 306 g/mol. The van der Waals surface area contributed by atoms with Crippen LogP contribution in [0.4, 0.5) is 14.5 Å². The molecule has 1 atom stereocenters. The van der Waals surface area contributed by atoms with Crippen molar-refractivity contribution in [3.8, 4) is 0 Å². The topological polar surface area (TPSA) is 72.2 Å². The SMILES string of the molecule is CC(C)C(CCCl)NC(=O)c1cc(F)cc([N+](=O)[O-])c1F. The van der Waals surface area contributed by atoms with Gasteiger partial charge in [0.05, 0.1) is 16.6 Å². The molecule has 0 aliphatic heterocycles. The molecule has 1 aromatic carbocycles. The summed E-state index contributed by atoms with van der Waals surface area (Å²) in [6.07, 6.45) is 0.448. The highest BCUT2D eigenvalue weighted by atomic mass is 35.5. The van der Waals surface area contributed by atoms with Gasteiger partial charge in [-0.3, -0.25) is 14.9 Å². The van der Waals surface area contributed by atoms with E-state index in [1.165, 1.54) is 0 Å². The summed E-state index contributed by atoms with van der Waals surface area (Å²) in [6.45, 7) is 3.67. The third kappa shape index (κ3) is 4.35. The zero-order valence-corrected chi connectivity index (χ0v) is 12.3. The molecule has 5 nitrogen and oxygen atoms in total. The number of nitrogens with zero attached hydrogens (tertiary/aromatic N) is 1. The Hall–Kier alpha value is -1.76. The smallest absolute Gasteiger partial charge is 0.308 e. The average Bonchev–Trinajstić information content (AvgIpc) is 2.39. The van der Waals surface area contributed by atoms with Gasteiger partial charge in [-0.15, -0.1) is 11.6 Å². The van der Waals surface area contributed by atoms with Gasteiger partial charge in [-0.05, 0) is 18.4 Å². The predicted octanol–water partition coefficient (Wildman–Crippen LogP) is 3.26. The first-order chi connectivity index (χ1) is 9.77. The molecule has 0 saturated heterocycles. The minimum atomic E-state index is -1.35. The van der Waals surface area contributed by atoms with Crippen molar-refractivity contribution < 1.29 is 18.5 Å². The number of rotatable bonds is 6. The number of carbonyl (C=O) groups excluding carboxylic acids is 1. The maximum absolute atomic E-state index is 13.9. The van der Waals surface area contributed by atoms with Gasteiger partial charge in [-0.2, -0.15) is 4.39 Å². The lowest BCUT2D eigenvalue weighted by Crippen LogP contribution is -2.39. The summed E-state index contributed by atoms with van der Waals surface area (Å²) < 4.78 is 27.2. The average molecular weight is 321 g/mol. The van der Waals surface area contributed by atoms with Gasteiger partial charge in [0, 0.05) is 11.9 Å². The molecule has 0 fully saturated rings. The van der Waals surface area contributed by atoms with Crippen LogP contribution in [0.15, 0.2) is 12.1 Å². The van der Waals surface area contributed by atoms with Crippen LogP contribution in [0.25, 0.3) is 0 Å². The number of nitro groups is 1. The molecule has 0 aliphatic carbocycles. The Kier molecular flexibility index (Phi) is 6.02. The van der Waals surface area contributed by atoms with Crippen LogP contribution < -0.4 is 5.32 Å². The lowest BCUT2D eigenvalue weighted by Gasteiger charge is -2.21. The number of hydrogen-bond acceptors (Lipinski definition) is 3. The number of amides is 1. The van der Waals surface area contributed by atoms with E-state index in [-0.39, 0.29) is 17.8 Å². The van der Waals surface area contributed by atoms with Gasteiger partial charge in [-0.25, -0.2) is 4.39 Å². The van der Waals surface area contributed by atoms with E-state index in [0.717, 1.165) is 0 Å². The molecule has 1 amide bonds. The van der Waals surface area contributed by atoms with Crippen LogP contribution in [0.2, 0.25) is 0 Å². The fourth-order valence-electron chi connectivity index (χ4n) is 1.81. The standard InChI is InChI=1S/C13H15ClF2N2O3/c1-7(2)10(3-4-14)17-13(19)9-5-8(15)6-11(12(9)16)18(20)21/h5-7,10H,3-4H2,1-2H3,(H,17,19). The molecule has 1 aromatic rings. The van der Waals surface area contributed by atoms with Crippen LogP contribution in [-0.4, -0.2) is 22.8 Å². The molecule has 0 spiro atoms. The van der Waals surface area contributed by atoms with E-state index < -0.39 is 33.7 Å². The van der Waals surface area contributed by atoms with Gasteiger partial charge >= 0.3 is 5.69 Å². The summed E-state index contributed by atoms with van der Waals surface area (Å²) >= 11 is 5.62. The molecule has 21 heavy (non-hydrogen) atoms. The van der Waals surface area contributed by atoms with Gasteiger partial charge in [-0.1, -0.05) is 13.8 Å². The van der Waals surface area contributed by atoms with Gasteiger partial charge in [0.2, 0.25) is 5.82 Å². The highest BCUT2D eigenvalue weighted by Gasteiger charge is 2.26. The minimum absolute atomic E-state index is 0.0271. The molecule has 0 bridgehead atoms. The normalized spacial score (nSPS) is 12.3. The van der Waals surface area contributed by atoms with Crippen molar-refractivity contribution in [3.05, 3.63) is 39.4 Å². The molecule has 0 saturated carbocycles. The summed E-state index contributed by atoms with van der Waals surface area (Å²) in [5, 5.41) is 13.1. The largest absolute Gasteiger partial charge is 0.349 e. The molecule has 8 heteroatoms. The Bertz CT molecular complexity index is 552. The van der Waals surface area contributed by atoms with Crippen molar-refractivity contribution in [2.45, 2.75) is 26.3 Å². The van der Waals surface area contributed by atoms with Gasteiger partial charge < -0.3 is 5.32 Å². The third-order valence-corrected chi connectivity index (χ3v) is 3.22.